The van der Waals surface area contributed by atoms with Crippen LogP contribution >= 0.6 is 0 Å². The fraction of sp³-hybridized carbons (Fsp3) is 0.550. The average Bonchev–Trinajstić information content (AvgIpc) is 2.58. The minimum atomic E-state index is 0.112. The van der Waals surface area contributed by atoms with Crippen LogP contribution in [0, 0.1) is 17.8 Å². The van der Waals surface area contributed by atoms with Crippen LogP contribution in [0.1, 0.15) is 37.7 Å². The highest BCUT2D eigenvalue weighted by atomic mass is 16.5. The Balaban J connectivity index is 1.57. The Hall–Kier alpha value is -1.81. The maximum Gasteiger partial charge on any atom is 0.223 e. The number of carbonyl (C=O) groups is 1. The minimum Gasteiger partial charge on any atom is -0.489 e. The van der Waals surface area contributed by atoms with Gasteiger partial charge in [-0.1, -0.05) is 37.3 Å². The second kappa shape index (κ2) is 7.84. The summed E-state index contributed by atoms with van der Waals surface area (Å²) in [4.78, 5) is 12.6. The summed E-state index contributed by atoms with van der Waals surface area (Å²) in [5.41, 5.74) is 7.32. The third kappa shape index (κ3) is 3.81. The highest BCUT2D eigenvalue weighted by Gasteiger charge is 2.40. The van der Waals surface area contributed by atoms with Crippen LogP contribution < -0.4 is 15.8 Å². The van der Waals surface area contributed by atoms with E-state index < -0.39 is 0 Å². The van der Waals surface area contributed by atoms with E-state index in [0.717, 1.165) is 24.2 Å². The van der Waals surface area contributed by atoms with Crippen LogP contribution in [0.15, 0.2) is 36.9 Å². The van der Waals surface area contributed by atoms with Crippen molar-refractivity contribution in [3.8, 4) is 5.75 Å². The molecule has 3 rings (SSSR count). The third-order valence-electron chi connectivity index (χ3n) is 5.57. The van der Waals surface area contributed by atoms with Gasteiger partial charge in [0.05, 0.1) is 0 Å². The van der Waals surface area contributed by atoms with E-state index in [9.17, 15) is 4.79 Å². The molecular weight excluding hydrogens is 300 g/mol. The lowest BCUT2D eigenvalue weighted by Crippen LogP contribution is -2.49. The molecule has 1 aromatic rings. The van der Waals surface area contributed by atoms with Gasteiger partial charge in [-0.05, 0) is 43.6 Å². The molecule has 0 saturated heterocycles. The van der Waals surface area contributed by atoms with Gasteiger partial charge < -0.3 is 15.8 Å². The molecule has 0 radical (unpaired) electrons. The molecule has 0 aliphatic heterocycles. The van der Waals surface area contributed by atoms with Crippen molar-refractivity contribution in [3.63, 3.8) is 0 Å². The molecular formula is C20H28N2O2. The van der Waals surface area contributed by atoms with Crippen molar-refractivity contribution in [2.24, 2.45) is 23.5 Å². The Morgan fingerprint density at radius 3 is 2.71 bits per heavy atom. The number of carbonyl (C=O) groups excluding carboxylic acids is 1. The summed E-state index contributed by atoms with van der Waals surface area (Å²) < 4.78 is 5.65. The summed E-state index contributed by atoms with van der Waals surface area (Å²) >= 11 is 0. The minimum absolute atomic E-state index is 0.112. The quantitative estimate of drug-likeness (QED) is 0.789. The first-order valence-corrected chi connectivity index (χ1v) is 9.04. The van der Waals surface area contributed by atoms with E-state index in [1.54, 1.807) is 6.08 Å². The first-order valence-electron chi connectivity index (χ1n) is 9.04. The number of ether oxygens (including phenoxy) is 1. The zero-order valence-corrected chi connectivity index (χ0v) is 14.2. The molecule has 130 valence electrons. The van der Waals surface area contributed by atoms with Crippen LogP contribution in [-0.4, -0.2) is 18.6 Å². The smallest absolute Gasteiger partial charge is 0.223 e. The van der Waals surface area contributed by atoms with Gasteiger partial charge in [-0.3, -0.25) is 4.79 Å². The maximum atomic E-state index is 12.6. The largest absolute Gasteiger partial charge is 0.489 e. The Morgan fingerprint density at radius 1 is 1.29 bits per heavy atom. The second-order valence-corrected chi connectivity index (χ2v) is 7.12. The summed E-state index contributed by atoms with van der Waals surface area (Å²) in [6, 6.07) is 8.12. The van der Waals surface area contributed by atoms with E-state index in [1.165, 1.54) is 19.3 Å². The predicted molar refractivity (Wildman–Crippen MR) is 95.5 cm³/mol. The van der Waals surface area contributed by atoms with Gasteiger partial charge in [-0.2, -0.15) is 0 Å². The van der Waals surface area contributed by atoms with Crippen molar-refractivity contribution >= 4 is 5.91 Å². The molecule has 2 unspecified atom stereocenters. The van der Waals surface area contributed by atoms with Gasteiger partial charge in [-0.25, -0.2) is 0 Å². The van der Waals surface area contributed by atoms with Gasteiger partial charge in [0.1, 0.15) is 12.4 Å². The summed E-state index contributed by atoms with van der Waals surface area (Å²) in [5, 5.41) is 3.10. The molecule has 1 aromatic carbocycles. The molecule has 0 spiro atoms. The number of nitrogens with one attached hydrogen (secondary N) is 1. The SMILES string of the molecule is C=CCOc1ccccc1CNC(=O)C1CC2CCCC(C1)C2N. The van der Waals surface area contributed by atoms with E-state index in [-0.39, 0.29) is 11.8 Å². The molecule has 4 nitrogen and oxygen atoms in total. The first kappa shape index (κ1) is 17.0. The zero-order valence-electron chi connectivity index (χ0n) is 14.2. The molecule has 1 amide bonds. The number of fused-ring (bicyclic) bond motifs is 2. The number of para-hydroxylation sites is 1. The summed E-state index contributed by atoms with van der Waals surface area (Å²) in [6.45, 7) is 4.64. The highest BCUT2D eigenvalue weighted by Crippen LogP contribution is 2.41. The van der Waals surface area contributed by atoms with Crippen molar-refractivity contribution in [1.82, 2.24) is 5.32 Å². The Bertz CT molecular complexity index is 573. The van der Waals surface area contributed by atoms with Gasteiger partial charge in [0.25, 0.3) is 0 Å². The number of benzene rings is 1. The molecule has 4 heteroatoms. The van der Waals surface area contributed by atoms with Crippen LogP contribution in [0.2, 0.25) is 0 Å². The number of hydrogen-bond donors (Lipinski definition) is 2. The van der Waals surface area contributed by atoms with Crippen LogP contribution in [-0.2, 0) is 11.3 Å². The Kier molecular flexibility index (Phi) is 5.56. The fourth-order valence-electron chi connectivity index (χ4n) is 4.27. The molecule has 2 fully saturated rings. The fourth-order valence-corrected chi connectivity index (χ4v) is 4.27. The molecule has 2 aliphatic carbocycles. The first-order chi connectivity index (χ1) is 11.7. The number of amides is 1. The third-order valence-corrected chi connectivity index (χ3v) is 5.57. The molecule has 2 bridgehead atoms. The average molecular weight is 328 g/mol. The molecule has 2 atom stereocenters. The van der Waals surface area contributed by atoms with Crippen molar-refractivity contribution in [3.05, 3.63) is 42.5 Å². The van der Waals surface area contributed by atoms with Gasteiger partial charge >= 0.3 is 0 Å². The lowest BCUT2D eigenvalue weighted by molar-refractivity contribution is -0.128. The standard InChI is InChI=1S/C20H28N2O2/c1-2-10-24-18-9-4-3-6-16(18)13-22-20(23)17-11-14-7-5-8-15(12-17)19(14)21/h2-4,6,9,14-15,17,19H,1,5,7-8,10-13,21H2,(H,22,23). The van der Waals surface area contributed by atoms with E-state index in [4.69, 9.17) is 10.5 Å². The summed E-state index contributed by atoms with van der Waals surface area (Å²) in [5.74, 6) is 2.13. The number of nitrogens with two attached hydrogens (primary N) is 1. The normalized spacial score (nSPS) is 28.9. The van der Waals surface area contributed by atoms with Crippen LogP contribution in [0.5, 0.6) is 5.75 Å². The monoisotopic (exact) mass is 328 g/mol. The van der Waals surface area contributed by atoms with Gasteiger partial charge in [0.2, 0.25) is 5.91 Å². The van der Waals surface area contributed by atoms with Crippen LogP contribution in [0.4, 0.5) is 0 Å². The number of hydrogen-bond acceptors (Lipinski definition) is 3. The van der Waals surface area contributed by atoms with Gasteiger partial charge in [0.15, 0.2) is 0 Å². The molecule has 2 aliphatic rings. The lowest BCUT2D eigenvalue weighted by atomic mass is 9.65. The molecule has 24 heavy (non-hydrogen) atoms. The second-order valence-electron chi connectivity index (χ2n) is 7.12. The zero-order chi connectivity index (χ0) is 16.9. The predicted octanol–water partition coefficient (Wildman–Crippen LogP) is 3.02. The highest BCUT2D eigenvalue weighted by molar-refractivity contribution is 5.78. The van der Waals surface area contributed by atoms with Crippen molar-refractivity contribution in [1.29, 1.82) is 0 Å². The topological polar surface area (TPSA) is 64.3 Å². The molecule has 0 aromatic heterocycles. The Labute approximate surface area is 144 Å². The van der Waals surface area contributed by atoms with E-state index >= 15 is 0 Å². The Morgan fingerprint density at radius 2 is 2.00 bits per heavy atom. The van der Waals surface area contributed by atoms with Crippen molar-refractivity contribution in [2.45, 2.75) is 44.7 Å². The molecule has 2 saturated carbocycles. The summed E-state index contributed by atoms with van der Waals surface area (Å²) in [7, 11) is 0. The van der Waals surface area contributed by atoms with E-state index in [0.29, 0.717) is 31.0 Å². The van der Waals surface area contributed by atoms with Crippen molar-refractivity contribution < 1.29 is 9.53 Å². The van der Waals surface area contributed by atoms with Crippen molar-refractivity contribution in [2.75, 3.05) is 6.61 Å². The van der Waals surface area contributed by atoms with Crippen LogP contribution in [0.25, 0.3) is 0 Å². The molecule has 0 heterocycles. The number of rotatable bonds is 6. The maximum absolute atomic E-state index is 12.6. The van der Waals surface area contributed by atoms with E-state index in [2.05, 4.69) is 11.9 Å². The van der Waals surface area contributed by atoms with E-state index in [1.807, 2.05) is 24.3 Å². The van der Waals surface area contributed by atoms with Gasteiger partial charge in [0, 0.05) is 24.1 Å². The van der Waals surface area contributed by atoms with Gasteiger partial charge in [-0.15, -0.1) is 0 Å². The summed E-state index contributed by atoms with van der Waals surface area (Å²) in [6.07, 6.45) is 7.24. The van der Waals surface area contributed by atoms with Crippen LogP contribution in [0.3, 0.4) is 0 Å². The molecule has 3 N–H and O–H groups in total. The lowest BCUT2D eigenvalue weighted by Gasteiger charge is -2.43.